The van der Waals surface area contributed by atoms with Crippen molar-refractivity contribution in [2.24, 2.45) is 0 Å². The Labute approximate surface area is 111 Å². The second-order valence-corrected chi connectivity index (χ2v) is 4.13. The Kier molecular flexibility index (Phi) is 3.75. The van der Waals surface area contributed by atoms with Gasteiger partial charge in [-0.1, -0.05) is 12.1 Å². The summed E-state index contributed by atoms with van der Waals surface area (Å²) in [4.78, 5) is 21.0. The lowest BCUT2D eigenvalue weighted by Gasteiger charge is -2.21. The summed E-state index contributed by atoms with van der Waals surface area (Å²) in [6, 6.07) is 9.31. The van der Waals surface area contributed by atoms with E-state index in [1.165, 1.54) is 12.3 Å². The molecule has 1 heterocycles. The Morgan fingerprint density at radius 2 is 2.16 bits per heavy atom. The zero-order valence-corrected chi connectivity index (χ0v) is 10.9. The number of nitrogens with zero attached hydrogens (tertiary/aromatic N) is 3. The molecule has 5 nitrogen and oxygen atoms in total. The molecular formula is C14H15N3O2. The number of rotatable bonds is 4. The summed E-state index contributed by atoms with van der Waals surface area (Å²) in [6.45, 7) is 4.64. The summed E-state index contributed by atoms with van der Waals surface area (Å²) < 4.78 is 0. The summed E-state index contributed by atoms with van der Waals surface area (Å²) in [7, 11) is 0. The Bertz CT molecular complexity index is 599. The van der Waals surface area contributed by atoms with Gasteiger partial charge in [0.2, 0.25) is 5.95 Å². The lowest BCUT2D eigenvalue weighted by molar-refractivity contribution is 0.0690. The zero-order chi connectivity index (χ0) is 13.8. The predicted octanol–water partition coefficient (Wildman–Crippen LogP) is 2.64. The van der Waals surface area contributed by atoms with Crippen LogP contribution in [0.1, 0.15) is 23.0 Å². The van der Waals surface area contributed by atoms with Gasteiger partial charge in [-0.3, -0.25) is 0 Å². The van der Waals surface area contributed by atoms with Crippen LogP contribution in [0.2, 0.25) is 0 Å². The van der Waals surface area contributed by atoms with Gasteiger partial charge in [0.1, 0.15) is 0 Å². The Morgan fingerprint density at radius 3 is 2.79 bits per heavy atom. The van der Waals surface area contributed by atoms with Crippen LogP contribution >= 0.6 is 0 Å². The van der Waals surface area contributed by atoms with Crippen LogP contribution in [0.5, 0.6) is 0 Å². The molecular weight excluding hydrogens is 242 g/mol. The van der Waals surface area contributed by atoms with Crippen LogP contribution in [-0.4, -0.2) is 27.6 Å². The van der Waals surface area contributed by atoms with Crippen LogP contribution in [0.3, 0.4) is 0 Å². The Balaban J connectivity index is 2.42. The first-order valence-corrected chi connectivity index (χ1v) is 6.02. The molecule has 0 atom stereocenters. The maximum absolute atomic E-state index is 10.9. The van der Waals surface area contributed by atoms with Crippen molar-refractivity contribution in [3.05, 3.63) is 47.8 Å². The number of carboxylic acid groups (broad SMARTS) is 1. The smallest absolute Gasteiger partial charge is 0.354 e. The van der Waals surface area contributed by atoms with E-state index in [4.69, 9.17) is 5.11 Å². The predicted molar refractivity (Wildman–Crippen MR) is 72.9 cm³/mol. The second kappa shape index (κ2) is 5.48. The number of carboxylic acids is 1. The molecule has 5 heteroatoms. The summed E-state index contributed by atoms with van der Waals surface area (Å²) in [5, 5.41) is 8.97. The van der Waals surface area contributed by atoms with E-state index in [-0.39, 0.29) is 5.69 Å². The van der Waals surface area contributed by atoms with Gasteiger partial charge >= 0.3 is 5.97 Å². The molecule has 1 aromatic carbocycles. The fourth-order valence-electron chi connectivity index (χ4n) is 1.83. The van der Waals surface area contributed by atoms with Gasteiger partial charge in [0, 0.05) is 18.4 Å². The van der Waals surface area contributed by atoms with E-state index < -0.39 is 5.97 Å². The summed E-state index contributed by atoms with van der Waals surface area (Å²) in [5.74, 6) is -0.656. The second-order valence-electron chi connectivity index (χ2n) is 4.13. The number of carbonyl (C=O) groups is 1. The molecule has 0 aliphatic carbocycles. The number of hydrogen-bond acceptors (Lipinski definition) is 4. The van der Waals surface area contributed by atoms with Gasteiger partial charge in [0.05, 0.1) is 0 Å². The zero-order valence-electron chi connectivity index (χ0n) is 10.9. The van der Waals surface area contributed by atoms with E-state index in [1.54, 1.807) is 0 Å². The van der Waals surface area contributed by atoms with Crippen LogP contribution in [0.4, 0.5) is 11.6 Å². The van der Waals surface area contributed by atoms with Crippen LogP contribution in [0.25, 0.3) is 0 Å². The number of benzene rings is 1. The van der Waals surface area contributed by atoms with Crippen LogP contribution < -0.4 is 4.90 Å². The highest BCUT2D eigenvalue weighted by atomic mass is 16.4. The standard InChI is InChI=1S/C14H15N3O2/c1-3-17(11-6-4-5-10(2)9-11)14-15-8-7-12(16-14)13(18)19/h4-9H,3H2,1-2H3,(H,18,19). The van der Waals surface area contributed by atoms with Gasteiger partial charge in [-0.2, -0.15) is 0 Å². The van der Waals surface area contributed by atoms with E-state index in [2.05, 4.69) is 9.97 Å². The van der Waals surface area contributed by atoms with Gasteiger partial charge < -0.3 is 10.0 Å². The van der Waals surface area contributed by atoms with Gasteiger partial charge in [-0.15, -0.1) is 0 Å². The van der Waals surface area contributed by atoms with Crippen LogP contribution in [0.15, 0.2) is 36.5 Å². The van der Waals surface area contributed by atoms with Crippen molar-refractivity contribution < 1.29 is 9.90 Å². The number of aromatic nitrogens is 2. The number of aryl methyl sites for hydroxylation is 1. The molecule has 0 unspecified atom stereocenters. The molecule has 19 heavy (non-hydrogen) atoms. The largest absolute Gasteiger partial charge is 0.477 e. The van der Waals surface area contributed by atoms with Crippen molar-refractivity contribution in [2.45, 2.75) is 13.8 Å². The monoisotopic (exact) mass is 257 g/mol. The highest BCUT2D eigenvalue weighted by Crippen LogP contribution is 2.22. The molecule has 0 spiro atoms. The average molecular weight is 257 g/mol. The molecule has 1 N–H and O–H groups in total. The van der Waals surface area contributed by atoms with Crippen LogP contribution in [0, 0.1) is 6.92 Å². The summed E-state index contributed by atoms with van der Waals surface area (Å²) in [5.41, 5.74) is 2.08. The van der Waals surface area contributed by atoms with Crippen molar-refractivity contribution in [3.8, 4) is 0 Å². The summed E-state index contributed by atoms with van der Waals surface area (Å²) >= 11 is 0. The molecule has 0 aliphatic rings. The fraction of sp³-hybridized carbons (Fsp3) is 0.214. The van der Waals surface area contributed by atoms with Crippen molar-refractivity contribution in [2.75, 3.05) is 11.4 Å². The summed E-state index contributed by atoms with van der Waals surface area (Å²) in [6.07, 6.45) is 1.46. The van der Waals surface area contributed by atoms with Gasteiger partial charge in [0.25, 0.3) is 0 Å². The number of aromatic carboxylic acids is 1. The molecule has 0 bridgehead atoms. The normalized spacial score (nSPS) is 10.2. The third-order valence-corrected chi connectivity index (χ3v) is 2.73. The number of anilines is 2. The molecule has 2 aromatic rings. The van der Waals surface area contributed by atoms with E-state index in [1.807, 2.05) is 43.0 Å². The first-order chi connectivity index (χ1) is 9.11. The van der Waals surface area contributed by atoms with Crippen molar-refractivity contribution in [3.63, 3.8) is 0 Å². The molecule has 0 saturated carbocycles. The van der Waals surface area contributed by atoms with E-state index in [9.17, 15) is 4.79 Å². The van der Waals surface area contributed by atoms with Crippen molar-refractivity contribution in [1.82, 2.24) is 9.97 Å². The lowest BCUT2D eigenvalue weighted by Crippen LogP contribution is -2.20. The molecule has 0 aliphatic heterocycles. The quantitative estimate of drug-likeness (QED) is 0.912. The molecule has 0 amide bonds. The topological polar surface area (TPSA) is 66.3 Å². The number of hydrogen-bond donors (Lipinski definition) is 1. The average Bonchev–Trinajstić information content (AvgIpc) is 2.40. The SMILES string of the molecule is CCN(c1cccc(C)c1)c1nccc(C(=O)O)n1. The molecule has 0 radical (unpaired) electrons. The Hall–Kier alpha value is -2.43. The highest BCUT2D eigenvalue weighted by molar-refractivity contribution is 5.85. The molecule has 98 valence electrons. The maximum atomic E-state index is 10.9. The van der Waals surface area contributed by atoms with Crippen molar-refractivity contribution in [1.29, 1.82) is 0 Å². The van der Waals surface area contributed by atoms with E-state index in [0.717, 1.165) is 11.3 Å². The van der Waals surface area contributed by atoms with Gasteiger partial charge in [-0.25, -0.2) is 14.8 Å². The fourth-order valence-corrected chi connectivity index (χ4v) is 1.83. The molecule has 0 saturated heterocycles. The molecule has 1 aromatic heterocycles. The Morgan fingerprint density at radius 1 is 1.37 bits per heavy atom. The molecule has 0 fully saturated rings. The van der Waals surface area contributed by atoms with E-state index >= 15 is 0 Å². The lowest BCUT2D eigenvalue weighted by atomic mass is 10.2. The minimum absolute atomic E-state index is 0.00361. The van der Waals surface area contributed by atoms with Crippen molar-refractivity contribution >= 4 is 17.6 Å². The van der Waals surface area contributed by atoms with Gasteiger partial charge in [0.15, 0.2) is 5.69 Å². The van der Waals surface area contributed by atoms with Gasteiger partial charge in [-0.05, 0) is 37.6 Å². The third-order valence-electron chi connectivity index (χ3n) is 2.73. The first kappa shape index (κ1) is 13.0. The third kappa shape index (κ3) is 2.88. The minimum Gasteiger partial charge on any atom is -0.477 e. The van der Waals surface area contributed by atoms with E-state index in [0.29, 0.717) is 12.5 Å². The van der Waals surface area contributed by atoms with Crippen LogP contribution in [-0.2, 0) is 0 Å². The first-order valence-electron chi connectivity index (χ1n) is 6.02. The maximum Gasteiger partial charge on any atom is 0.354 e. The minimum atomic E-state index is -1.05. The molecule has 2 rings (SSSR count). The highest BCUT2D eigenvalue weighted by Gasteiger charge is 2.13.